The van der Waals surface area contributed by atoms with E-state index in [0.29, 0.717) is 5.92 Å². The third-order valence-electron chi connectivity index (χ3n) is 3.80. The first kappa shape index (κ1) is 11.2. The Labute approximate surface area is 92.3 Å². The van der Waals surface area contributed by atoms with Crippen LogP contribution in [0.25, 0.3) is 0 Å². The van der Waals surface area contributed by atoms with Crippen LogP contribution in [0.3, 0.4) is 0 Å². The number of rotatable bonds is 2. The van der Waals surface area contributed by atoms with Gasteiger partial charge < -0.3 is 9.84 Å². The molecule has 1 saturated heterocycles. The number of hydrogen-bond acceptors (Lipinski definition) is 2. The Morgan fingerprint density at radius 3 is 3.00 bits per heavy atom. The van der Waals surface area contributed by atoms with Gasteiger partial charge in [-0.1, -0.05) is 12.5 Å². The Morgan fingerprint density at radius 2 is 2.27 bits per heavy atom. The number of allylic oxidation sites excluding steroid dienone is 1. The van der Waals surface area contributed by atoms with E-state index >= 15 is 0 Å². The van der Waals surface area contributed by atoms with Crippen LogP contribution >= 0.6 is 0 Å². The molecule has 2 aliphatic rings. The van der Waals surface area contributed by atoms with Crippen molar-refractivity contribution in [3.63, 3.8) is 0 Å². The van der Waals surface area contributed by atoms with Gasteiger partial charge in [-0.25, -0.2) is 0 Å². The normalized spacial score (nSPS) is 34.7. The van der Waals surface area contributed by atoms with Crippen LogP contribution in [-0.4, -0.2) is 23.9 Å². The van der Waals surface area contributed by atoms with E-state index in [1.165, 1.54) is 24.8 Å². The highest BCUT2D eigenvalue weighted by molar-refractivity contribution is 5.12. The summed E-state index contributed by atoms with van der Waals surface area (Å²) in [5.41, 5.74) is 1.27. The van der Waals surface area contributed by atoms with Crippen LogP contribution in [-0.2, 0) is 4.74 Å². The maximum atomic E-state index is 10.3. The monoisotopic (exact) mass is 210 g/mol. The topological polar surface area (TPSA) is 29.5 Å². The van der Waals surface area contributed by atoms with Gasteiger partial charge in [0.2, 0.25) is 0 Å². The standard InChI is InChI=1S/C13H22O2/c1-10-12(8-9-15-10)13(14)11-6-4-2-3-5-7-11/h6,10,12-14H,2-5,7-9H2,1H3. The van der Waals surface area contributed by atoms with Gasteiger partial charge in [0.25, 0.3) is 0 Å². The van der Waals surface area contributed by atoms with E-state index in [0.717, 1.165) is 25.9 Å². The molecule has 0 aromatic rings. The quantitative estimate of drug-likeness (QED) is 0.710. The van der Waals surface area contributed by atoms with Gasteiger partial charge in [-0.15, -0.1) is 0 Å². The first-order valence-electron chi connectivity index (χ1n) is 6.27. The van der Waals surface area contributed by atoms with Crippen molar-refractivity contribution in [1.29, 1.82) is 0 Å². The van der Waals surface area contributed by atoms with Crippen molar-refractivity contribution in [2.24, 2.45) is 5.92 Å². The molecule has 0 spiro atoms. The van der Waals surface area contributed by atoms with E-state index in [1.807, 2.05) is 0 Å². The minimum atomic E-state index is -0.249. The third kappa shape index (κ3) is 2.61. The van der Waals surface area contributed by atoms with Crippen LogP contribution in [0, 0.1) is 5.92 Å². The Morgan fingerprint density at radius 1 is 1.40 bits per heavy atom. The molecule has 1 heterocycles. The summed E-state index contributed by atoms with van der Waals surface area (Å²) in [4.78, 5) is 0. The number of ether oxygens (including phenoxy) is 1. The van der Waals surface area contributed by atoms with Crippen molar-refractivity contribution in [3.05, 3.63) is 11.6 Å². The van der Waals surface area contributed by atoms with E-state index in [9.17, 15) is 5.11 Å². The summed E-state index contributed by atoms with van der Waals surface area (Å²) in [6.07, 6.45) is 9.33. The molecule has 0 saturated carbocycles. The summed E-state index contributed by atoms with van der Waals surface area (Å²) >= 11 is 0. The van der Waals surface area contributed by atoms with Crippen molar-refractivity contribution >= 4 is 0 Å². The SMILES string of the molecule is CC1OCCC1C(O)C1=CCCCCC1. The average molecular weight is 210 g/mol. The molecule has 0 aromatic carbocycles. The molecule has 86 valence electrons. The zero-order valence-corrected chi connectivity index (χ0v) is 9.61. The second-order valence-electron chi connectivity index (χ2n) is 4.85. The largest absolute Gasteiger partial charge is 0.388 e. The molecule has 0 bridgehead atoms. The van der Waals surface area contributed by atoms with Gasteiger partial charge in [0.1, 0.15) is 0 Å². The lowest BCUT2D eigenvalue weighted by molar-refractivity contribution is 0.0581. The molecule has 0 radical (unpaired) electrons. The predicted molar refractivity (Wildman–Crippen MR) is 60.7 cm³/mol. The van der Waals surface area contributed by atoms with Gasteiger partial charge in [-0.05, 0) is 44.6 Å². The zero-order chi connectivity index (χ0) is 10.7. The first-order chi connectivity index (χ1) is 7.29. The lowest BCUT2D eigenvalue weighted by Gasteiger charge is -2.23. The Kier molecular flexibility index (Phi) is 3.81. The van der Waals surface area contributed by atoms with Crippen LogP contribution in [0.5, 0.6) is 0 Å². The predicted octanol–water partition coefficient (Wildman–Crippen LogP) is 2.66. The lowest BCUT2D eigenvalue weighted by Crippen LogP contribution is -2.28. The number of aliphatic hydroxyl groups excluding tert-OH is 1. The number of aliphatic hydroxyl groups is 1. The Balaban J connectivity index is 1.98. The molecule has 1 N–H and O–H groups in total. The fraction of sp³-hybridized carbons (Fsp3) is 0.846. The van der Waals surface area contributed by atoms with Crippen molar-refractivity contribution < 1.29 is 9.84 Å². The van der Waals surface area contributed by atoms with Gasteiger partial charge in [0.15, 0.2) is 0 Å². The van der Waals surface area contributed by atoms with E-state index in [-0.39, 0.29) is 12.2 Å². The molecular weight excluding hydrogens is 188 g/mol. The maximum absolute atomic E-state index is 10.3. The minimum absolute atomic E-state index is 0.226. The fourth-order valence-electron chi connectivity index (χ4n) is 2.75. The van der Waals surface area contributed by atoms with Gasteiger partial charge in [0.05, 0.1) is 12.2 Å². The Hall–Kier alpha value is -0.340. The van der Waals surface area contributed by atoms with Crippen molar-refractivity contribution in [2.45, 2.75) is 57.7 Å². The van der Waals surface area contributed by atoms with E-state index in [2.05, 4.69) is 13.0 Å². The maximum Gasteiger partial charge on any atom is 0.0803 e. The number of hydrogen-bond donors (Lipinski definition) is 1. The molecule has 0 aromatic heterocycles. The highest BCUT2D eigenvalue weighted by Gasteiger charge is 2.32. The molecule has 2 rings (SSSR count). The van der Waals surface area contributed by atoms with Crippen LogP contribution in [0.4, 0.5) is 0 Å². The second kappa shape index (κ2) is 5.13. The second-order valence-corrected chi connectivity index (χ2v) is 4.85. The zero-order valence-electron chi connectivity index (χ0n) is 9.61. The summed E-state index contributed by atoms with van der Waals surface area (Å²) in [7, 11) is 0. The van der Waals surface area contributed by atoms with Crippen LogP contribution in [0.2, 0.25) is 0 Å². The molecule has 3 unspecified atom stereocenters. The average Bonchev–Trinajstić information content (AvgIpc) is 2.53. The van der Waals surface area contributed by atoms with Gasteiger partial charge >= 0.3 is 0 Å². The van der Waals surface area contributed by atoms with E-state index in [4.69, 9.17) is 4.74 Å². The van der Waals surface area contributed by atoms with Crippen molar-refractivity contribution in [2.75, 3.05) is 6.61 Å². The fourth-order valence-corrected chi connectivity index (χ4v) is 2.75. The summed E-state index contributed by atoms with van der Waals surface area (Å²) in [6.45, 7) is 2.90. The molecule has 2 nitrogen and oxygen atoms in total. The minimum Gasteiger partial charge on any atom is -0.388 e. The molecule has 1 aliphatic heterocycles. The van der Waals surface area contributed by atoms with Crippen LogP contribution < -0.4 is 0 Å². The molecule has 1 fully saturated rings. The smallest absolute Gasteiger partial charge is 0.0803 e. The molecule has 15 heavy (non-hydrogen) atoms. The first-order valence-corrected chi connectivity index (χ1v) is 6.27. The lowest BCUT2D eigenvalue weighted by atomic mass is 9.88. The van der Waals surface area contributed by atoms with Crippen molar-refractivity contribution in [1.82, 2.24) is 0 Å². The van der Waals surface area contributed by atoms with Gasteiger partial charge in [-0.2, -0.15) is 0 Å². The molecule has 3 atom stereocenters. The molecule has 0 amide bonds. The third-order valence-corrected chi connectivity index (χ3v) is 3.80. The van der Waals surface area contributed by atoms with Gasteiger partial charge in [0, 0.05) is 12.5 Å². The van der Waals surface area contributed by atoms with E-state index in [1.54, 1.807) is 0 Å². The summed E-state index contributed by atoms with van der Waals surface area (Å²) in [5.74, 6) is 0.328. The highest BCUT2D eigenvalue weighted by atomic mass is 16.5. The van der Waals surface area contributed by atoms with Crippen LogP contribution in [0.1, 0.15) is 45.4 Å². The Bertz CT molecular complexity index is 235. The van der Waals surface area contributed by atoms with E-state index < -0.39 is 0 Å². The molecule has 2 heteroatoms. The summed E-state index contributed by atoms with van der Waals surface area (Å²) in [5, 5.41) is 10.3. The summed E-state index contributed by atoms with van der Waals surface area (Å²) in [6, 6.07) is 0. The molecular formula is C13H22O2. The molecule has 1 aliphatic carbocycles. The van der Waals surface area contributed by atoms with Gasteiger partial charge in [-0.3, -0.25) is 0 Å². The van der Waals surface area contributed by atoms with Crippen molar-refractivity contribution in [3.8, 4) is 0 Å². The van der Waals surface area contributed by atoms with Crippen LogP contribution in [0.15, 0.2) is 11.6 Å². The highest BCUT2D eigenvalue weighted by Crippen LogP contribution is 2.31. The summed E-state index contributed by atoms with van der Waals surface area (Å²) < 4.78 is 5.52.